The summed E-state index contributed by atoms with van der Waals surface area (Å²) in [6, 6.07) is 0. The molecule has 174 valence electrons. The number of aliphatic hydroxyl groups excluding tert-OH is 2. The lowest BCUT2D eigenvalue weighted by atomic mass is 9.97. The first-order chi connectivity index (χ1) is 14.0. The minimum atomic E-state index is -5.75. The second-order valence-corrected chi connectivity index (χ2v) is 10.6. The van der Waals surface area contributed by atoms with Gasteiger partial charge in [-0.05, 0) is 6.08 Å². The maximum Gasteiger partial charge on any atom is 0.490 e. The van der Waals surface area contributed by atoms with Crippen molar-refractivity contribution >= 4 is 23.5 Å². The van der Waals surface area contributed by atoms with Crippen LogP contribution < -0.4 is 5.32 Å². The molecule has 1 saturated heterocycles. The fourth-order valence-electron chi connectivity index (χ4n) is 2.56. The van der Waals surface area contributed by atoms with Gasteiger partial charge in [-0.1, -0.05) is 19.1 Å². The van der Waals surface area contributed by atoms with Crippen LogP contribution in [0.3, 0.4) is 0 Å². The Kier molecular flexibility index (Phi) is 7.44. The second-order valence-electron chi connectivity index (χ2n) is 6.16. The molecule has 0 radical (unpaired) electrons. The Balaban J connectivity index is 2.16. The van der Waals surface area contributed by atoms with Crippen molar-refractivity contribution in [3.05, 3.63) is 37.0 Å². The predicted molar refractivity (Wildman–Crippen MR) is 101 cm³/mol. The van der Waals surface area contributed by atoms with Gasteiger partial charge in [0.2, 0.25) is 0 Å². The van der Waals surface area contributed by atoms with Crippen molar-refractivity contribution in [1.82, 2.24) is 10.2 Å². The monoisotopic (exact) mass is 504 g/mol. The van der Waals surface area contributed by atoms with Gasteiger partial charge in [-0.2, -0.15) is 8.62 Å². The molecule has 0 aromatic carbocycles. The molecule has 18 heteroatoms. The summed E-state index contributed by atoms with van der Waals surface area (Å²) in [7, 11) is -16.9. The SMILES string of the molecule is C#C[C@]1(COP(=O)(O)OP(=O)(O)OP(=O)(O)O)O[C@@H](N2C=CC(=C)NC2=C)C(O)[C@H]1O. The van der Waals surface area contributed by atoms with Crippen LogP contribution in [-0.4, -0.2) is 65.3 Å². The fraction of sp³-hybridized carbons (Fsp3) is 0.385. The highest BCUT2D eigenvalue weighted by molar-refractivity contribution is 7.66. The van der Waals surface area contributed by atoms with Crippen molar-refractivity contribution in [2.45, 2.75) is 24.0 Å². The Hall–Kier alpha value is -1.33. The molecule has 0 spiro atoms. The molecule has 2 heterocycles. The van der Waals surface area contributed by atoms with Crippen LogP contribution in [0.5, 0.6) is 0 Å². The largest absolute Gasteiger partial charge is 0.490 e. The van der Waals surface area contributed by atoms with E-state index in [1.165, 1.54) is 17.2 Å². The van der Waals surface area contributed by atoms with Crippen LogP contribution in [0.15, 0.2) is 37.0 Å². The minimum Gasteiger partial charge on any atom is -0.386 e. The molecule has 3 unspecified atom stereocenters. The van der Waals surface area contributed by atoms with E-state index >= 15 is 0 Å². The zero-order valence-corrected chi connectivity index (χ0v) is 18.1. The van der Waals surface area contributed by atoms with Crippen LogP contribution >= 0.6 is 23.5 Å². The summed E-state index contributed by atoms with van der Waals surface area (Å²) < 4.78 is 51.0. The van der Waals surface area contributed by atoms with Gasteiger partial charge in [-0.3, -0.25) is 4.52 Å². The highest BCUT2D eigenvalue weighted by atomic mass is 31.3. The third-order valence-corrected chi connectivity index (χ3v) is 7.64. The van der Waals surface area contributed by atoms with Gasteiger partial charge < -0.3 is 44.7 Å². The molecule has 6 atom stereocenters. The quantitative estimate of drug-likeness (QED) is 0.158. The topological polar surface area (TPSA) is 225 Å². The number of rotatable bonds is 8. The van der Waals surface area contributed by atoms with Crippen LogP contribution in [-0.2, 0) is 31.6 Å². The van der Waals surface area contributed by atoms with Crippen LogP contribution in [0.25, 0.3) is 0 Å². The van der Waals surface area contributed by atoms with Crippen molar-refractivity contribution in [1.29, 1.82) is 0 Å². The lowest BCUT2D eigenvalue weighted by Crippen LogP contribution is -2.46. The van der Waals surface area contributed by atoms with Crippen LogP contribution in [0.4, 0.5) is 0 Å². The van der Waals surface area contributed by atoms with Crippen molar-refractivity contribution in [2.24, 2.45) is 0 Å². The summed E-state index contributed by atoms with van der Waals surface area (Å²) in [6.07, 6.45) is 3.32. The van der Waals surface area contributed by atoms with Crippen molar-refractivity contribution in [3.63, 3.8) is 0 Å². The predicted octanol–water partition coefficient (Wildman–Crippen LogP) is -0.816. The number of phosphoric acid groups is 3. The van der Waals surface area contributed by atoms with Gasteiger partial charge >= 0.3 is 23.5 Å². The molecule has 2 aliphatic heterocycles. The fourth-order valence-corrected chi connectivity index (χ4v) is 5.61. The summed E-state index contributed by atoms with van der Waals surface area (Å²) in [5, 5.41) is 23.5. The molecule has 0 aliphatic carbocycles. The molecule has 0 amide bonds. The Morgan fingerprint density at radius 1 is 1.19 bits per heavy atom. The molecule has 0 bridgehead atoms. The number of hydrogen-bond donors (Lipinski definition) is 7. The average molecular weight is 504 g/mol. The first kappa shape index (κ1) is 25.9. The molecule has 2 aliphatic rings. The molecule has 1 fully saturated rings. The zero-order chi connectivity index (χ0) is 23.8. The minimum absolute atomic E-state index is 0.185. The Morgan fingerprint density at radius 2 is 1.81 bits per heavy atom. The molecule has 0 saturated carbocycles. The van der Waals surface area contributed by atoms with Gasteiger partial charge in [0.05, 0.1) is 0 Å². The number of nitrogens with zero attached hydrogens (tertiary/aromatic N) is 1. The molecular formula is C13H19N2O13P3. The summed E-state index contributed by atoms with van der Waals surface area (Å²) in [6.45, 7) is 6.17. The maximum atomic E-state index is 11.9. The van der Waals surface area contributed by atoms with Crippen LogP contribution in [0, 0.1) is 12.3 Å². The van der Waals surface area contributed by atoms with E-state index in [1.807, 2.05) is 5.92 Å². The Labute approximate surface area is 175 Å². The van der Waals surface area contributed by atoms with E-state index in [2.05, 4.69) is 31.6 Å². The summed E-state index contributed by atoms with van der Waals surface area (Å²) in [5.74, 6) is 2.16. The molecule has 0 aromatic heterocycles. The smallest absolute Gasteiger partial charge is 0.386 e. The summed E-state index contributed by atoms with van der Waals surface area (Å²) >= 11 is 0. The highest BCUT2D eigenvalue weighted by Crippen LogP contribution is 2.66. The van der Waals surface area contributed by atoms with Gasteiger partial charge in [0.25, 0.3) is 0 Å². The number of hydrogen-bond acceptors (Lipinski definition) is 11. The number of nitrogens with one attached hydrogen (secondary N) is 1. The second kappa shape index (κ2) is 8.90. The average Bonchev–Trinajstić information content (AvgIpc) is 2.82. The van der Waals surface area contributed by atoms with Crippen LogP contribution in [0.2, 0.25) is 0 Å². The highest BCUT2D eigenvalue weighted by Gasteiger charge is 2.57. The Morgan fingerprint density at radius 3 is 2.32 bits per heavy atom. The maximum absolute atomic E-state index is 11.9. The normalized spacial score (nSPS) is 32.8. The first-order valence-electron chi connectivity index (χ1n) is 7.92. The number of phosphoric ester groups is 1. The van der Waals surface area contributed by atoms with Gasteiger partial charge in [0.1, 0.15) is 24.6 Å². The standard InChI is InChI=1S/C13H19N2O13P3/c1-4-13(7-25-30(21,22)28-31(23,24)27-29(18,19)20)11(17)10(16)12(26-13)15-6-5-8(2)14-9(15)3/h1,5-6,10-12,14,16-17H,2-3,7H2,(H,21,22)(H,23,24)(H2,18,19,20)/t10?,11-,12-,13-/m1/s1. The zero-order valence-electron chi connectivity index (χ0n) is 15.4. The van der Waals surface area contributed by atoms with Crippen LogP contribution in [0.1, 0.15) is 0 Å². The lowest BCUT2D eigenvalue weighted by Gasteiger charge is -2.34. The molecule has 15 nitrogen and oxygen atoms in total. The molecule has 7 N–H and O–H groups in total. The molecule has 0 aromatic rings. The van der Waals surface area contributed by atoms with Gasteiger partial charge in [0, 0.05) is 11.9 Å². The van der Waals surface area contributed by atoms with E-state index in [0.717, 1.165) is 0 Å². The first-order valence-corrected chi connectivity index (χ1v) is 12.4. The number of aliphatic hydroxyl groups is 2. The van der Waals surface area contributed by atoms with Gasteiger partial charge in [0.15, 0.2) is 11.8 Å². The third-order valence-electron chi connectivity index (χ3n) is 3.85. The number of terminal acetylenes is 1. The third kappa shape index (κ3) is 6.35. The van der Waals surface area contributed by atoms with Crippen molar-refractivity contribution < 1.29 is 61.4 Å². The van der Waals surface area contributed by atoms with E-state index in [-0.39, 0.29) is 5.82 Å². The van der Waals surface area contributed by atoms with E-state index < -0.39 is 54.1 Å². The van der Waals surface area contributed by atoms with E-state index in [0.29, 0.717) is 5.70 Å². The van der Waals surface area contributed by atoms with E-state index in [4.69, 9.17) is 25.8 Å². The summed E-state index contributed by atoms with van der Waals surface area (Å²) in [5.41, 5.74) is -1.79. The van der Waals surface area contributed by atoms with E-state index in [1.54, 1.807) is 0 Å². The lowest BCUT2D eigenvalue weighted by molar-refractivity contribution is -0.102. The van der Waals surface area contributed by atoms with E-state index in [9.17, 15) is 28.8 Å². The van der Waals surface area contributed by atoms with Crippen molar-refractivity contribution in [2.75, 3.05) is 6.61 Å². The van der Waals surface area contributed by atoms with Crippen molar-refractivity contribution in [3.8, 4) is 12.3 Å². The molecule has 31 heavy (non-hydrogen) atoms. The number of ether oxygens (including phenoxy) is 1. The number of allylic oxidation sites excluding steroid dienone is 1. The molecular weight excluding hydrogens is 485 g/mol. The van der Waals surface area contributed by atoms with Gasteiger partial charge in [-0.25, -0.2) is 13.7 Å². The Bertz CT molecular complexity index is 970. The van der Waals surface area contributed by atoms with Gasteiger partial charge in [-0.15, -0.1) is 6.42 Å². The summed E-state index contributed by atoms with van der Waals surface area (Å²) in [4.78, 5) is 37.0. The molecule has 2 rings (SSSR count).